The van der Waals surface area contributed by atoms with Crippen molar-refractivity contribution in [2.75, 3.05) is 0 Å². The van der Waals surface area contributed by atoms with Crippen LogP contribution in [0.5, 0.6) is 17.5 Å². The van der Waals surface area contributed by atoms with Crippen molar-refractivity contribution in [2.45, 2.75) is 19.3 Å². The summed E-state index contributed by atoms with van der Waals surface area (Å²) in [5, 5.41) is 10.2. The van der Waals surface area contributed by atoms with Gasteiger partial charge in [-0.25, -0.2) is 9.97 Å². The van der Waals surface area contributed by atoms with Gasteiger partial charge < -0.3 is 20.0 Å². The van der Waals surface area contributed by atoms with Gasteiger partial charge in [0.1, 0.15) is 11.5 Å². The zero-order valence-electron chi connectivity index (χ0n) is 14.5. The van der Waals surface area contributed by atoms with Crippen molar-refractivity contribution in [3.63, 3.8) is 0 Å². The van der Waals surface area contributed by atoms with E-state index in [2.05, 4.69) is 9.97 Å². The second-order valence-electron chi connectivity index (χ2n) is 5.86. The average molecular weight is 367 g/mol. The number of aryl methyl sites for hydroxylation is 1. The summed E-state index contributed by atoms with van der Waals surface area (Å²) in [5.74, 6) is -1.21. The Labute approximate surface area is 154 Å². The predicted octanol–water partition coefficient (Wildman–Crippen LogP) is 2.24. The summed E-state index contributed by atoms with van der Waals surface area (Å²) in [6.45, 7) is 1.58. The average Bonchev–Trinajstić information content (AvgIpc) is 2.64. The van der Waals surface area contributed by atoms with E-state index in [9.17, 15) is 14.7 Å². The summed E-state index contributed by atoms with van der Waals surface area (Å²) >= 11 is 0. The van der Waals surface area contributed by atoms with E-state index in [4.69, 9.17) is 14.9 Å². The maximum absolute atomic E-state index is 11.9. The number of nitrogens with zero attached hydrogens (tertiary/aromatic N) is 2. The van der Waals surface area contributed by atoms with Gasteiger partial charge in [0, 0.05) is 24.9 Å². The molecule has 0 spiro atoms. The summed E-state index contributed by atoms with van der Waals surface area (Å²) in [6, 6.07) is 9.74. The van der Waals surface area contributed by atoms with Gasteiger partial charge in [-0.3, -0.25) is 9.59 Å². The molecule has 27 heavy (non-hydrogen) atoms. The first-order chi connectivity index (χ1) is 12.9. The van der Waals surface area contributed by atoms with E-state index in [1.807, 2.05) is 0 Å². The predicted molar refractivity (Wildman–Crippen MR) is 95.6 cm³/mol. The van der Waals surface area contributed by atoms with Gasteiger partial charge in [-0.15, -0.1) is 0 Å². The lowest BCUT2D eigenvalue weighted by Crippen LogP contribution is -2.18. The molecule has 0 unspecified atom stereocenters. The normalized spacial score (nSPS) is 11.7. The smallest absolute Gasteiger partial charge is 0.321 e. The van der Waals surface area contributed by atoms with E-state index in [0.717, 1.165) is 0 Å². The molecule has 8 nitrogen and oxygen atoms in total. The third-order valence-corrected chi connectivity index (χ3v) is 3.81. The molecule has 0 radical (unpaired) electrons. The molecule has 138 valence electrons. The second kappa shape index (κ2) is 7.69. The summed E-state index contributed by atoms with van der Waals surface area (Å²) in [6.07, 6.45) is 2.92. The SMILES string of the molecule is Cc1cc(=O)c(O)c([C@@H](CC(N)=O)c2cccc(Oc3ncccn3)c2)o1. The zero-order valence-corrected chi connectivity index (χ0v) is 14.5. The van der Waals surface area contributed by atoms with Crippen molar-refractivity contribution < 1.29 is 19.1 Å². The minimum absolute atomic E-state index is 0.0214. The number of hydrogen-bond donors (Lipinski definition) is 2. The molecule has 1 amide bonds. The molecule has 2 heterocycles. The van der Waals surface area contributed by atoms with Gasteiger partial charge in [-0.1, -0.05) is 12.1 Å². The number of nitrogens with two attached hydrogens (primary N) is 1. The van der Waals surface area contributed by atoms with Gasteiger partial charge in [0.25, 0.3) is 0 Å². The highest BCUT2D eigenvalue weighted by Crippen LogP contribution is 2.34. The number of amides is 1. The monoisotopic (exact) mass is 367 g/mol. The number of benzene rings is 1. The van der Waals surface area contributed by atoms with E-state index < -0.39 is 23.0 Å². The van der Waals surface area contributed by atoms with E-state index in [-0.39, 0.29) is 18.2 Å². The Balaban J connectivity index is 2.03. The first kappa shape index (κ1) is 18.1. The molecule has 2 aromatic heterocycles. The van der Waals surface area contributed by atoms with Crippen LogP contribution >= 0.6 is 0 Å². The fraction of sp³-hybridized carbons (Fsp3) is 0.158. The molecule has 1 atom stereocenters. The molecule has 0 fully saturated rings. The van der Waals surface area contributed by atoms with Gasteiger partial charge in [0.15, 0.2) is 5.76 Å². The summed E-state index contributed by atoms with van der Waals surface area (Å²) < 4.78 is 11.1. The number of ether oxygens (including phenoxy) is 1. The fourth-order valence-electron chi connectivity index (χ4n) is 2.66. The number of carbonyl (C=O) groups is 1. The molecule has 0 aliphatic rings. The Morgan fingerprint density at radius 1 is 1.26 bits per heavy atom. The fourth-order valence-corrected chi connectivity index (χ4v) is 2.66. The third-order valence-electron chi connectivity index (χ3n) is 3.81. The lowest BCUT2D eigenvalue weighted by molar-refractivity contribution is -0.118. The highest BCUT2D eigenvalue weighted by atomic mass is 16.5. The minimum Gasteiger partial charge on any atom is -0.502 e. The largest absolute Gasteiger partial charge is 0.502 e. The van der Waals surface area contributed by atoms with Crippen LogP contribution in [0.25, 0.3) is 0 Å². The van der Waals surface area contributed by atoms with E-state index in [0.29, 0.717) is 17.1 Å². The van der Waals surface area contributed by atoms with Crippen LogP contribution in [0.1, 0.15) is 29.4 Å². The number of aromatic hydroxyl groups is 1. The molecule has 0 aliphatic heterocycles. The highest BCUT2D eigenvalue weighted by Gasteiger charge is 2.25. The first-order valence-electron chi connectivity index (χ1n) is 8.11. The van der Waals surface area contributed by atoms with E-state index >= 15 is 0 Å². The van der Waals surface area contributed by atoms with Crippen LogP contribution in [0.4, 0.5) is 0 Å². The van der Waals surface area contributed by atoms with Crippen molar-refractivity contribution in [1.82, 2.24) is 9.97 Å². The van der Waals surface area contributed by atoms with E-state index in [1.54, 1.807) is 49.6 Å². The molecule has 0 saturated heterocycles. The Kier molecular flexibility index (Phi) is 5.16. The number of primary amides is 1. The summed E-state index contributed by atoms with van der Waals surface area (Å²) in [4.78, 5) is 31.5. The van der Waals surface area contributed by atoms with Gasteiger partial charge in [0.2, 0.25) is 17.1 Å². The molecule has 8 heteroatoms. The van der Waals surface area contributed by atoms with Gasteiger partial charge in [-0.05, 0) is 30.7 Å². The highest BCUT2D eigenvalue weighted by molar-refractivity contribution is 5.75. The maximum Gasteiger partial charge on any atom is 0.321 e. The number of hydrogen-bond acceptors (Lipinski definition) is 7. The lowest BCUT2D eigenvalue weighted by atomic mass is 9.91. The number of rotatable bonds is 6. The Morgan fingerprint density at radius 3 is 2.70 bits per heavy atom. The standard InChI is InChI=1S/C19H17N3O5/c1-11-8-15(23)17(25)18(26-11)14(10-16(20)24)12-4-2-5-13(9-12)27-19-21-6-3-7-22-19/h2-9,14,25H,10H2,1H3,(H2,20,24)/t14-/m0/s1. The van der Waals surface area contributed by atoms with Gasteiger partial charge >= 0.3 is 6.01 Å². The molecule has 3 N–H and O–H groups in total. The van der Waals surface area contributed by atoms with Gasteiger partial charge in [0.05, 0.1) is 5.92 Å². The first-order valence-corrected chi connectivity index (χ1v) is 8.11. The summed E-state index contributed by atoms with van der Waals surface area (Å²) in [5.41, 5.74) is 5.35. The van der Waals surface area contributed by atoms with E-state index in [1.165, 1.54) is 6.07 Å². The van der Waals surface area contributed by atoms with Crippen molar-refractivity contribution in [3.8, 4) is 17.5 Å². The van der Waals surface area contributed by atoms with Crippen LogP contribution in [0.3, 0.4) is 0 Å². The van der Waals surface area contributed by atoms with Crippen LogP contribution in [0.2, 0.25) is 0 Å². The minimum atomic E-state index is -0.754. The topological polar surface area (TPSA) is 129 Å². The number of carbonyl (C=O) groups excluding carboxylic acids is 1. The van der Waals surface area contributed by atoms with Crippen molar-refractivity contribution >= 4 is 5.91 Å². The Hall–Kier alpha value is -3.68. The van der Waals surface area contributed by atoms with Crippen LogP contribution in [0.15, 0.2) is 58.0 Å². The Bertz CT molecular complexity index is 1020. The zero-order chi connectivity index (χ0) is 19.4. The molecular weight excluding hydrogens is 350 g/mol. The quantitative estimate of drug-likeness (QED) is 0.683. The number of aromatic nitrogens is 2. The molecule has 0 bridgehead atoms. The van der Waals surface area contributed by atoms with Crippen molar-refractivity contribution in [1.29, 1.82) is 0 Å². The van der Waals surface area contributed by atoms with Gasteiger partial charge in [-0.2, -0.15) is 0 Å². The van der Waals surface area contributed by atoms with Crippen molar-refractivity contribution in [3.05, 3.63) is 76.1 Å². The Morgan fingerprint density at radius 2 is 2.00 bits per heavy atom. The second-order valence-corrected chi connectivity index (χ2v) is 5.86. The van der Waals surface area contributed by atoms with Crippen LogP contribution in [-0.2, 0) is 4.79 Å². The molecule has 3 aromatic rings. The van der Waals surface area contributed by atoms with Crippen LogP contribution in [-0.4, -0.2) is 21.0 Å². The summed E-state index contributed by atoms with van der Waals surface area (Å²) in [7, 11) is 0. The molecule has 1 aromatic carbocycles. The molecular formula is C19H17N3O5. The molecule has 0 saturated carbocycles. The van der Waals surface area contributed by atoms with Crippen molar-refractivity contribution in [2.24, 2.45) is 5.73 Å². The lowest BCUT2D eigenvalue weighted by Gasteiger charge is -2.17. The van der Waals surface area contributed by atoms with Crippen LogP contribution < -0.4 is 15.9 Å². The molecule has 3 rings (SSSR count). The van der Waals surface area contributed by atoms with Crippen LogP contribution in [0, 0.1) is 6.92 Å². The third kappa shape index (κ3) is 4.30. The maximum atomic E-state index is 11.9. The molecule has 0 aliphatic carbocycles.